The summed E-state index contributed by atoms with van der Waals surface area (Å²) < 4.78 is 0. The van der Waals surface area contributed by atoms with Crippen LogP contribution in [0.4, 0.5) is 0 Å². The SMILES string of the molecule is CC(NC(=O)CNC(CCO)c1ccccc1)c1ccccc1Cl. The molecule has 0 saturated heterocycles. The van der Waals surface area contributed by atoms with Crippen LogP contribution < -0.4 is 10.6 Å². The molecule has 2 unspecified atom stereocenters. The van der Waals surface area contributed by atoms with E-state index in [0.29, 0.717) is 11.4 Å². The van der Waals surface area contributed by atoms with Gasteiger partial charge in [-0.1, -0.05) is 60.1 Å². The van der Waals surface area contributed by atoms with Gasteiger partial charge in [0.15, 0.2) is 0 Å². The van der Waals surface area contributed by atoms with Gasteiger partial charge in [0.05, 0.1) is 12.6 Å². The van der Waals surface area contributed by atoms with Gasteiger partial charge < -0.3 is 15.7 Å². The van der Waals surface area contributed by atoms with E-state index in [1.807, 2.05) is 61.5 Å². The molecule has 0 aliphatic rings. The summed E-state index contributed by atoms with van der Waals surface area (Å²) in [5, 5.41) is 16.0. The fourth-order valence-electron chi connectivity index (χ4n) is 2.61. The Bertz CT molecular complexity index is 649. The second-order valence-corrected chi connectivity index (χ2v) is 6.07. The van der Waals surface area contributed by atoms with Crippen molar-refractivity contribution in [2.75, 3.05) is 13.2 Å². The first-order valence-corrected chi connectivity index (χ1v) is 8.42. The molecule has 2 aromatic carbocycles. The second-order valence-electron chi connectivity index (χ2n) is 5.67. The first-order valence-electron chi connectivity index (χ1n) is 8.04. The van der Waals surface area contributed by atoms with Crippen LogP contribution in [0, 0.1) is 0 Å². The van der Waals surface area contributed by atoms with E-state index in [4.69, 9.17) is 11.6 Å². The summed E-state index contributed by atoms with van der Waals surface area (Å²) >= 11 is 6.16. The van der Waals surface area contributed by atoms with E-state index in [9.17, 15) is 9.90 Å². The van der Waals surface area contributed by atoms with E-state index < -0.39 is 0 Å². The van der Waals surface area contributed by atoms with Gasteiger partial charge in [0.25, 0.3) is 0 Å². The number of rotatable bonds is 8. The van der Waals surface area contributed by atoms with Crippen molar-refractivity contribution in [1.82, 2.24) is 10.6 Å². The summed E-state index contributed by atoms with van der Waals surface area (Å²) in [6, 6.07) is 17.0. The van der Waals surface area contributed by atoms with Crippen LogP contribution in [0.5, 0.6) is 0 Å². The zero-order valence-electron chi connectivity index (χ0n) is 13.7. The summed E-state index contributed by atoms with van der Waals surface area (Å²) in [4.78, 5) is 12.2. The molecule has 24 heavy (non-hydrogen) atoms. The Labute approximate surface area is 147 Å². The predicted octanol–water partition coefficient (Wildman–Crippen LogP) is 3.23. The van der Waals surface area contributed by atoms with Crippen molar-refractivity contribution in [3.63, 3.8) is 0 Å². The molecule has 128 valence electrons. The summed E-state index contributed by atoms with van der Waals surface area (Å²) in [6.07, 6.45) is 0.553. The molecule has 5 heteroatoms. The lowest BCUT2D eigenvalue weighted by Crippen LogP contribution is -2.37. The lowest BCUT2D eigenvalue weighted by atomic mass is 10.0. The van der Waals surface area contributed by atoms with Gasteiger partial charge >= 0.3 is 0 Å². The quantitative estimate of drug-likeness (QED) is 0.687. The van der Waals surface area contributed by atoms with E-state index in [2.05, 4.69) is 10.6 Å². The molecule has 4 nitrogen and oxygen atoms in total. The highest BCUT2D eigenvalue weighted by molar-refractivity contribution is 6.31. The molecule has 3 N–H and O–H groups in total. The molecule has 0 fully saturated rings. The molecule has 0 bridgehead atoms. The van der Waals surface area contributed by atoms with E-state index in [1.54, 1.807) is 0 Å². The Hall–Kier alpha value is -1.88. The zero-order chi connectivity index (χ0) is 17.4. The average molecular weight is 347 g/mol. The molecule has 1 amide bonds. The highest BCUT2D eigenvalue weighted by Gasteiger charge is 2.15. The number of aliphatic hydroxyl groups is 1. The van der Waals surface area contributed by atoms with Gasteiger partial charge in [-0.05, 0) is 30.5 Å². The summed E-state index contributed by atoms with van der Waals surface area (Å²) in [5.74, 6) is -0.110. The van der Waals surface area contributed by atoms with Crippen LogP contribution in [0.25, 0.3) is 0 Å². The number of aliphatic hydroxyl groups excluding tert-OH is 1. The third kappa shape index (κ3) is 5.34. The van der Waals surface area contributed by atoms with Crippen molar-refractivity contribution in [3.8, 4) is 0 Å². The first kappa shape index (κ1) is 18.5. The van der Waals surface area contributed by atoms with Gasteiger partial charge in [0, 0.05) is 17.7 Å². The van der Waals surface area contributed by atoms with Crippen LogP contribution in [0.3, 0.4) is 0 Å². The Morgan fingerprint density at radius 1 is 1.12 bits per heavy atom. The highest BCUT2D eigenvalue weighted by atomic mass is 35.5. The number of halogens is 1. The van der Waals surface area contributed by atoms with Crippen LogP contribution >= 0.6 is 11.6 Å². The number of nitrogens with one attached hydrogen (secondary N) is 2. The fraction of sp³-hybridized carbons (Fsp3) is 0.316. The van der Waals surface area contributed by atoms with Crippen molar-refractivity contribution in [2.45, 2.75) is 25.4 Å². The Morgan fingerprint density at radius 2 is 1.79 bits per heavy atom. The largest absolute Gasteiger partial charge is 0.396 e. The Balaban J connectivity index is 1.90. The van der Waals surface area contributed by atoms with Crippen molar-refractivity contribution in [1.29, 1.82) is 0 Å². The molecule has 0 spiro atoms. The van der Waals surface area contributed by atoms with Crippen LogP contribution in [0.2, 0.25) is 5.02 Å². The minimum atomic E-state index is -0.166. The minimum absolute atomic E-state index is 0.0578. The maximum atomic E-state index is 12.2. The molecule has 2 aromatic rings. The Kier molecular flexibility index (Phi) is 7.25. The van der Waals surface area contributed by atoms with E-state index in [1.165, 1.54) is 0 Å². The van der Waals surface area contributed by atoms with Crippen LogP contribution in [-0.2, 0) is 4.79 Å². The molecule has 0 heterocycles. The number of carbonyl (C=O) groups excluding carboxylic acids is 1. The van der Waals surface area contributed by atoms with Crippen LogP contribution in [0.1, 0.15) is 36.6 Å². The molecule has 0 aromatic heterocycles. The topological polar surface area (TPSA) is 61.4 Å². The second kappa shape index (κ2) is 9.42. The van der Waals surface area contributed by atoms with Gasteiger partial charge in [-0.25, -0.2) is 0 Å². The number of hydrogen-bond acceptors (Lipinski definition) is 3. The molecule has 0 saturated carbocycles. The van der Waals surface area contributed by atoms with Crippen molar-refractivity contribution in [3.05, 3.63) is 70.7 Å². The first-order chi connectivity index (χ1) is 11.6. The van der Waals surface area contributed by atoms with Gasteiger partial charge in [0.1, 0.15) is 0 Å². The van der Waals surface area contributed by atoms with Crippen LogP contribution in [-0.4, -0.2) is 24.2 Å². The fourth-order valence-corrected chi connectivity index (χ4v) is 2.91. The van der Waals surface area contributed by atoms with Crippen molar-refractivity contribution >= 4 is 17.5 Å². The molecule has 0 radical (unpaired) electrons. The van der Waals surface area contributed by atoms with Crippen LogP contribution in [0.15, 0.2) is 54.6 Å². The normalized spacial score (nSPS) is 13.3. The van der Waals surface area contributed by atoms with Crippen molar-refractivity contribution in [2.24, 2.45) is 0 Å². The predicted molar refractivity (Wildman–Crippen MR) is 96.9 cm³/mol. The lowest BCUT2D eigenvalue weighted by molar-refractivity contribution is -0.121. The number of amides is 1. The van der Waals surface area contributed by atoms with Gasteiger partial charge in [-0.15, -0.1) is 0 Å². The smallest absolute Gasteiger partial charge is 0.234 e. The third-order valence-corrected chi connectivity index (χ3v) is 4.22. The summed E-state index contributed by atoms with van der Waals surface area (Å²) in [6.45, 7) is 2.14. The molecule has 2 atom stereocenters. The monoisotopic (exact) mass is 346 g/mol. The van der Waals surface area contributed by atoms with E-state index >= 15 is 0 Å². The van der Waals surface area contributed by atoms with Gasteiger partial charge in [-0.3, -0.25) is 4.79 Å². The molecular weight excluding hydrogens is 324 g/mol. The zero-order valence-corrected chi connectivity index (χ0v) is 14.5. The Morgan fingerprint density at radius 3 is 2.46 bits per heavy atom. The lowest BCUT2D eigenvalue weighted by Gasteiger charge is -2.20. The molecule has 0 aliphatic carbocycles. The standard InChI is InChI=1S/C19H23ClN2O2/c1-14(16-9-5-6-10-17(16)20)22-19(24)13-21-18(11-12-23)15-7-3-2-4-8-15/h2-10,14,18,21,23H,11-13H2,1H3,(H,22,24). The average Bonchev–Trinajstić information content (AvgIpc) is 2.59. The number of carbonyl (C=O) groups is 1. The molecule has 2 rings (SSSR count). The van der Waals surface area contributed by atoms with E-state index in [0.717, 1.165) is 11.1 Å². The summed E-state index contributed by atoms with van der Waals surface area (Å²) in [5.41, 5.74) is 1.95. The van der Waals surface area contributed by atoms with Crippen molar-refractivity contribution < 1.29 is 9.90 Å². The van der Waals surface area contributed by atoms with Gasteiger partial charge in [-0.2, -0.15) is 0 Å². The molecular formula is C19H23ClN2O2. The molecule has 0 aliphatic heterocycles. The van der Waals surface area contributed by atoms with Gasteiger partial charge in [0.2, 0.25) is 5.91 Å². The number of hydrogen-bond donors (Lipinski definition) is 3. The minimum Gasteiger partial charge on any atom is -0.396 e. The maximum Gasteiger partial charge on any atom is 0.234 e. The summed E-state index contributed by atoms with van der Waals surface area (Å²) in [7, 11) is 0. The highest BCUT2D eigenvalue weighted by Crippen LogP contribution is 2.22. The van der Waals surface area contributed by atoms with E-state index in [-0.39, 0.29) is 31.1 Å². The maximum absolute atomic E-state index is 12.2. The number of benzene rings is 2. The third-order valence-electron chi connectivity index (χ3n) is 3.88.